The fourth-order valence-electron chi connectivity index (χ4n) is 1.60. The molecular formula is C13H12BrNO. The van der Waals surface area contributed by atoms with Crippen molar-refractivity contribution in [2.45, 2.75) is 13.0 Å². The summed E-state index contributed by atoms with van der Waals surface area (Å²) in [6.07, 6.45) is 2.83. The lowest BCUT2D eigenvalue weighted by atomic mass is 10.0. The van der Waals surface area contributed by atoms with Crippen LogP contribution in [0.5, 0.6) is 0 Å². The molecule has 0 aliphatic heterocycles. The van der Waals surface area contributed by atoms with Crippen LogP contribution in [0.3, 0.4) is 0 Å². The molecule has 3 heteroatoms. The fourth-order valence-corrected chi connectivity index (χ4v) is 2.11. The van der Waals surface area contributed by atoms with Gasteiger partial charge in [0.15, 0.2) is 0 Å². The molecule has 0 radical (unpaired) electrons. The van der Waals surface area contributed by atoms with Crippen LogP contribution in [0.25, 0.3) is 0 Å². The van der Waals surface area contributed by atoms with Crippen LogP contribution >= 0.6 is 15.9 Å². The standard InChI is InChI=1S/C13H12BrNO/c1-9-6-10(8-15-7-9)13(16)11-4-2-3-5-12(11)14/h2-8,13,16H,1H3. The van der Waals surface area contributed by atoms with Crippen molar-refractivity contribution in [2.75, 3.05) is 0 Å². The molecule has 0 saturated heterocycles. The van der Waals surface area contributed by atoms with Crippen molar-refractivity contribution in [3.8, 4) is 0 Å². The largest absolute Gasteiger partial charge is 0.384 e. The Bertz CT molecular complexity index is 499. The molecule has 1 aromatic heterocycles. The molecule has 0 fully saturated rings. The SMILES string of the molecule is Cc1cncc(C(O)c2ccccc2Br)c1. The molecule has 0 saturated carbocycles. The number of aliphatic hydroxyl groups is 1. The topological polar surface area (TPSA) is 33.1 Å². The number of aryl methyl sites for hydroxylation is 1. The van der Waals surface area contributed by atoms with Gasteiger partial charge < -0.3 is 5.11 Å². The minimum Gasteiger partial charge on any atom is -0.384 e. The Kier molecular flexibility index (Phi) is 3.36. The van der Waals surface area contributed by atoms with Gasteiger partial charge in [-0.3, -0.25) is 4.98 Å². The fraction of sp³-hybridized carbons (Fsp3) is 0.154. The van der Waals surface area contributed by atoms with Gasteiger partial charge >= 0.3 is 0 Å². The van der Waals surface area contributed by atoms with E-state index in [9.17, 15) is 5.11 Å². The lowest BCUT2D eigenvalue weighted by molar-refractivity contribution is 0.219. The van der Waals surface area contributed by atoms with E-state index in [1.165, 1.54) is 0 Å². The molecule has 0 spiro atoms. The number of benzene rings is 1. The van der Waals surface area contributed by atoms with Crippen LogP contribution in [0.15, 0.2) is 47.2 Å². The molecule has 2 nitrogen and oxygen atoms in total. The Hall–Kier alpha value is -1.19. The van der Waals surface area contributed by atoms with E-state index in [1.54, 1.807) is 12.4 Å². The third-order valence-corrected chi connectivity index (χ3v) is 3.13. The molecule has 1 unspecified atom stereocenters. The third-order valence-electron chi connectivity index (χ3n) is 2.41. The molecule has 0 aliphatic rings. The van der Waals surface area contributed by atoms with Gasteiger partial charge in [-0.2, -0.15) is 0 Å². The highest BCUT2D eigenvalue weighted by Crippen LogP contribution is 2.28. The van der Waals surface area contributed by atoms with E-state index in [4.69, 9.17) is 0 Å². The Balaban J connectivity index is 2.39. The molecular weight excluding hydrogens is 266 g/mol. The monoisotopic (exact) mass is 277 g/mol. The third kappa shape index (κ3) is 2.31. The zero-order valence-corrected chi connectivity index (χ0v) is 10.5. The Morgan fingerprint density at radius 1 is 1.25 bits per heavy atom. The number of aliphatic hydroxyl groups excluding tert-OH is 1. The van der Waals surface area contributed by atoms with Crippen LogP contribution in [-0.2, 0) is 0 Å². The smallest absolute Gasteiger partial charge is 0.107 e. The van der Waals surface area contributed by atoms with Gasteiger partial charge in [0.05, 0.1) is 0 Å². The molecule has 0 amide bonds. The average molecular weight is 278 g/mol. The lowest BCUT2D eigenvalue weighted by Gasteiger charge is -2.13. The molecule has 1 heterocycles. The van der Waals surface area contributed by atoms with E-state index in [2.05, 4.69) is 20.9 Å². The number of hydrogen-bond acceptors (Lipinski definition) is 2. The van der Waals surface area contributed by atoms with Crippen LogP contribution < -0.4 is 0 Å². The number of rotatable bonds is 2. The highest BCUT2D eigenvalue weighted by atomic mass is 79.9. The van der Waals surface area contributed by atoms with Gasteiger partial charge in [0.25, 0.3) is 0 Å². The summed E-state index contributed by atoms with van der Waals surface area (Å²) in [5.41, 5.74) is 2.71. The first kappa shape index (κ1) is 11.3. The summed E-state index contributed by atoms with van der Waals surface area (Å²) in [6, 6.07) is 9.59. The summed E-state index contributed by atoms with van der Waals surface area (Å²) in [4.78, 5) is 4.09. The maximum absolute atomic E-state index is 10.2. The molecule has 16 heavy (non-hydrogen) atoms. The Labute approximate surface area is 103 Å². The molecule has 0 bridgehead atoms. The molecule has 2 aromatic rings. The second-order valence-electron chi connectivity index (χ2n) is 3.72. The minimum atomic E-state index is -0.636. The van der Waals surface area contributed by atoms with E-state index in [1.807, 2.05) is 37.3 Å². The molecule has 1 atom stereocenters. The highest BCUT2D eigenvalue weighted by Gasteiger charge is 2.13. The van der Waals surface area contributed by atoms with Gasteiger partial charge in [-0.1, -0.05) is 40.2 Å². The van der Waals surface area contributed by atoms with Crippen molar-refractivity contribution >= 4 is 15.9 Å². The van der Waals surface area contributed by atoms with Crippen molar-refractivity contribution in [1.82, 2.24) is 4.98 Å². The van der Waals surface area contributed by atoms with Gasteiger partial charge in [0, 0.05) is 22.4 Å². The summed E-state index contributed by atoms with van der Waals surface area (Å²) in [6.45, 7) is 1.96. The van der Waals surface area contributed by atoms with Gasteiger partial charge in [0.1, 0.15) is 6.10 Å². The van der Waals surface area contributed by atoms with Crippen molar-refractivity contribution in [3.05, 3.63) is 63.9 Å². The molecule has 0 aliphatic carbocycles. The van der Waals surface area contributed by atoms with E-state index < -0.39 is 6.10 Å². The van der Waals surface area contributed by atoms with Crippen LogP contribution in [0.1, 0.15) is 22.8 Å². The van der Waals surface area contributed by atoms with Crippen LogP contribution in [0.2, 0.25) is 0 Å². The molecule has 82 valence electrons. The van der Waals surface area contributed by atoms with Crippen molar-refractivity contribution in [1.29, 1.82) is 0 Å². The summed E-state index contributed by atoms with van der Waals surface area (Å²) in [5, 5.41) is 10.2. The predicted molar refractivity (Wildman–Crippen MR) is 67.2 cm³/mol. The van der Waals surface area contributed by atoms with Gasteiger partial charge in [-0.15, -0.1) is 0 Å². The lowest BCUT2D eigenvalue weighted by Crippen LogP contribution is -2.01. The van der Waals surface area contributed by atoms with Gasteiger partial charge in [-0.05, 0) is 24.1 Å². The summed E-state index contributed by atoms with van der Waals surface area (Å²) in [7, 11) is 0. The number of aromatic nitrogens is 1. The molecule has 2 rings (SSSR count). The summed E-state index contributed by atoms with van der Waals surface area (Å²) >= 11 is 3.43. The second-order valence-corrected chi connectivity index (χ2v) is 4.57. The zero-order valence-electron chi connectivity index (χ0n) is 8.89. The Morgan fingerprint density at radius 2 is 2.00 bits per heavy atom. The minimum absolute atomic E-state index is 0.636. The molecule has 1 N–H and O–H groups in total. The summed E-state index contributed by atoms with van der Waals surface area (Å²) in [5.74, 6) is 0. The average Bonchev–Trinajstić information content (AvgIpc) is 2.29. The number of nitrogens with zero attached hydrogens (tertiary/aromatic N) is 1. The normalized spacial score (nSPS) is 12.4. The second kappa shape index (κ2) is 4.76. The van der Waals surface area contributed by atoms with Gasteiger partial charge in [0.2, 0.25) is 0 Å². The van der Waals surface area contributed by atoms with Crippen molar-refractivity contribution in [2.24, 2.45) is 0 Å². The molecule has 1 aromatic carbocycles. The Morgan fingerprint density at radius 3 is 2.69 bits per heavy atom. The van der Waals surface area contributed by atoms with E-state index in [-0.39, 0.29) is 0 Å². The van der Waals surface area contributed by atoms with Crippen LogP contribution in [0.4, 0.5) is 0 Å². The maximum Gasteiger partial charge on any atom is 0.107 e. The first-order chi connectivity index (χ1) is 7.68. The van der Waals surface area contributed by atoms with Crippen LogP contribution in [0, 0.1) is 6.92 Å². The number of pyridine rings is 1. The number of halogens is 1. The van der Waals surface area contributed by atoms with E-state index in [0.29, 0.717) is 0 Å². The van der Waals surface area contributed by atoms with Gasteiger partial charge in [-0.25, -0.2) is 0 Å². The first-order valence-corrected chi connectivity index (χ1v) is 5.82. The predicted octanol–water partition coefficient (Wildman–Crippen LogP) is 3.23. The maximum atomic E-state index is 10.2. The zero-order chi connectivity index (χ0) is 11.5. The highest BCUT2D eigenvalue weighted by molar-refractivity contribution is 9.10. The first-order valence-electron chi connectivity index (χ1n) is 5.02. The van der Waals surface area contributed by atoms with E-state index >= 15 is 0 Å². The van der Waals surface area contributed by atoms with Crippen molar-refractivity contribution < 1.29 is 5.11 Å². The summed E-state index contributed by atoms with van der Waals surface area (Å²) < 4.78 is 0.906. The number of hydrogen-bond donors (Lipinski definition) is 1. The van der Waals surface area contributed by atoms with Crippen molar-refractivity contribution in [3.63, 3.8) is 0 Å². The quantitative estimate of drug-likeness (QED) is 0.914. The van der Waals surface area contributed by atoms with E-state index in [0.717, 1.165) is 21.2 Å². The van der Waals surface area contributed by atoms with Crippen LogP contribution in [-0.4, -0.2) is 10.1 Å².